The molecule has 1 fully saturated rings. The average molecular weight is 391 g/mol. The van der Waals surface area contributed by atoms with Crippen LogP contribution in [0.2, 0.25) is 0 Å². The number of rotatable bonds is 6. The number of piperazine rings is 1. The summed E-state index contributed by atoms with van der Waals surface area (Å²) < 4.78 is 5.02. The summed E-state index contributed by atoms with van der Waals surface area (Å²) in [7, 11) is 1.64. The van der Waals surface area contributed by atoms with Crippen molar-refractivity contribution < 1.29 is 24.0 Å². The highest BCUT2D eigenvalue weighted by molar-refractivity contribution is 5.94. The lowest BCUT2D eigenvalue weighted by Crippen LogP contribution is -3.19. The van der Waals surface area contributed by atoms with Gasteiger partial charge in [0, 0.05) is 12.7 Å². The fourth-order valence-corrected chi connectivity index (χ4v) is 3.26. The Balaban J connectivity index is 1.81. The number of quaternary nitrogens is 1. The first-order valence-corrected chi connectivity index (χ1v) is 9.69. The first-order chi connectivity index (χ1) is 13.3. The van der Waals surface area contributed by atoms with Gasteiger partial charge in [-0.2, -0.15) is 0 Å². The normalized spacial score (nSPS) is 15.6. The van der Waals surface area contributed by atoms with Crippen molar-refractivity contribution in [3.63, 3.8) is 0 Å². The van der Waals surface area contributed by atoms with Gasteiger partial charge in [0.05, 0.1) is 39.3 Å². The Morgan fingerprint density at radius 2 is 1.82 bits per heavy atom. The molecule has 1 heterocycles. The Morgan fingerprint density at radius 3 is 2.39 bits per heavy atom. The average Bonchev–Trinajstić information content (AvgIpc) is 2.68. The van der Waals surface area contributed by atoms with Crippen LogP contribution in [0.25, 0.3) is 0 Å². The zero-order valence-electron chi connectivity index (χ0n) is 17.2. The topological polar surface area (TPSA) is 83.4 Å². The number of ether oxygens (including phenoxy) is 1. The van der Waals surface area contributed by atoms with Crippen molar-refractivity contribution in [2.45, 2.75) is 26.8 Å². The van der Waals surface area contributed by atoms with Crippen LogP contribution < -0.4 is 10.2 Å². The van der Waals surface area contributed by atoms with Gasteiger partial charge < -0.3 is 19.9 Å². The van der Waals surface area contributed by atoms with Crippen molar-refractivity contribution in [3.8, 4) is 0 Å². The second-order valence-corrected chi connectivity index (χ2v) is 7.17. The van der Waals surface area contributed by atoms with Gasteiger partial charge >= 0.3 is 6.09 Å². The molecule has 1 aromatic carbocycles. The van der Waals surface area contributed by atoms with Crippen molar-refractivity contribution >= 4 is 23.6 Å². The van der Waals surface area contributed by atoms with Gasteiger partial charge in [-0.3, -0.25) is 14.5 Å². The molecule has 3 amide bonds. The van der Waals surface area contributed by atoms with Crippen LogP contribution >= 0.6 is 0 Å². The number of hydrogen-bond donors (Lipinski definition) is 2. The molecular formula is C20H31N4O4+. The lowest BCUT2D eigenvalue weighted by atomic mass is 10.2. The molecule has 8 nitrogen and oxygen atoms in total. The predicted octanol–water partition coefficient (Wildman–Crippen LogP) is 0.137. The Labute approximate surface area is 166 Å². The van der Waals surface area contributed by atoms with E-state index in [2.05, 4.69) is 5.32 Å². The van der Waals surface area contributed by atoms with Gasteiger partial charge in [0.1, 0.15) is 0 Å². The number of amides is 3. The number of nitrogens with one attached hydrogen (secondary N) is 2. The van der Waals surface area contributed by atoms with Crippen LogP contribution in [0.15, 0.2) is 24.3 Å². The maximum absolute atomic E-state index is 12.7. The van der Waals surface area contributed by atoms with E-state index in [4.69, 9.17) is 4.74 Å². The van der Waals surface area contributed by atoms with Gasteiger partial charge in [0.25, 0.3) is 5.91 Å². The molecule has 1 aliphatic heterocycles. The van der Waals surface area contributed by atoms with Gasteiger partial charge in [-0.25, -0.2) is 4.79 Å². The van der Waals surface area contributed by atoms with E-state index in [-0.39, 0.29) is 30.5 Å². The van der Waals surface area contributed by atoms with Crippen LogP contribution in [0, 0.1) is 6.92 Å². The first-order valence-electron chi connectivity index (χ1n) is 9.69. The van der Waals surface area contributed by atoms with Crippen LogP contribution in [-0.4, -0.2) is 80.1 Å². The number of carbonyl (C=O) groups is 3. The number of anilines is 1. The minimum Gasteiger partial charge on any atom is -0.450 e. The van der Waals surface area contributed by atoms with Crippen LogP contribution in [0.4, 0.5) is 10.5 Å². The molecule has 28 heavy (non-hydrogen) atoms. The van der Waals surface area contributed by atoms with Crippen molar-refractivity contribution in [2.75, 3.05) is 51.7 Å². The standard InChI is InChI=1S/C20H30N4O4/c1-5-28-20(27)24-12-10-23(11-13-24)16(3)19(26)22(4)14-18(25)21-17-8-6-15(2)7-9-17/h6-9,16H,5,10-14H2,1-4H3,(H,21,25)/p+1/t16-/m1/s1. The monoisotopic (exact) mass is 391 g/mol. The highest BCUT2D eigenvalue weighted by Gasteiger charge is 2.33. The Morgan fingerprint density at radius 1 is 1.21 bits per heavy atom. The van der Waals surface area contributed by atoms with Crippen molar-refractivity contribution in [1.29, 1.82) is 0 Å². The van der Waals surface area contributed by atoms with E-state index < -0.39 is 0 Å². The Kier molecular flexibility index (Phi) is 7.80. The fourth-order valence-electron chi connectivity index (χ4n) is 3.26. The maximum Gasteiger partial charge on any atom is 0.410 e. The number of hydrogen-bond acceptors (Lipinski definition) is 4. The van der Waals surface area contributed by atoms with E-state index in [0.717, 1.165) is 10.5 Å². The van der Waals surface area contributed by atoms with E-state index in [9.17, 15) is 14.4 Å². The fraction of sp³-hybridized carbons (Fsp3) is 0.550. The Hall–Kier alpha value is -2.61. The molecule has 0 unspecified atom stereocenters. The highest BCUT2D eigenvalue weighted by atomic mass is 16.6. The minimum absolute atomic E-state index is 0.000714. The SMILES string of the molecule is CCOC(=O)N1CC[NH+]([C@H](C)C(=O)N(C)CC(=O)Nc2ccc(C)cc2)CC1. The van der Waals surface area contributed by atoms with E-state index in [1.165, 1.54) is 4.90 Å². The number of aryl methyl sites for hydroxylation is 1. The van der Waals surface area contributed by atoms with Gasteiger partial charge in [-0.15, -0.1) is 0 Å². The molecule has 0 spiro atoms. The molecule has 0 saturated carbocycles. The summed E-state index contributed by atoms with van der Waals surface area (Å²) in [5, 5.41) is 2.81. The lowest BCUT2D eigenvalue weighted by molar-refractivity contribution is -0.918. The number of nitrogens with zero attached hydrogens (tertiary/aromatic N) is 2. The van der Waals surface area contributed by atoms with Crippen LogP contribution in [0.1, 0.15) is 19.4 Å². The minimum atomic E-state index is -0.301. The molecule has 0 aliphatic carbocycles. The molecule has 0 bridgehead atoms. The largest absolute Gasteiger partial charge is 0.450 e. The van der Waals surface area contributed by atoms with E-state index in [1.807, 2.05) is 38.1 Å². The molecule has 2 rings (SSSR count). The van der Waals surface area contributed by atoms with Gasteiger partial charge in [0.2, 0.25) is 5.91 Å². The molecule has 2 N–H and O–H groups in total. The second kappa shape index (κ2) is 10.1. The lowest BCUT2D eigenvalue weighted by Gasteiger charge is -2.35. The smallest absolute Gasteiger partial charge is 0.410 e. The second-order valence-electron chi connectivity index (χ2n) is 7.17. The summed E-state index contributed by atoms with van der Waals surface area (Å²) in [6.45, 7) is 8.46. The molecular weight excluding hydrogens is 360 g/mol. The zero-order chi connectivity index (χ0) is 20.7. The first kappa shape index (κ1) is 21.7. The summed E-state index contributed by atoms with van der Waals surface area (Å²) in [4.78, 5) is 40.9. The molecule has 1 aliphatic rings. The van der Waals surface area contributed by atoms with Crippen LogP contribution in [0.3, 0.4) is 0 Å². The third-order valence-electron chi connectivity index (χ3n) is 5.01. The maximum atomic E-state index is 12.7. The molecule has 154 valence electrons. The van der Waals surface area contributed by atoms with E-state index in [0.29, 0.717) is 38.5 Å². The number of benzene rings is 1. The summed E-state index contributed by atoms with van der Waals surface area (Å²) >= 11 is 0. The molecule has 8 heteroatoms. The Bertz CT molecular complexity index is 684. The molecule has 0 aromatic heterocycles. The number of likely N-dealkylation sites (N-methyl/N-ethyl adjacent to an activating group) is 1. The van der Waals surface area contributed by atoms with Crippen LogP contribution in [-0.2, 0) is 14.3 Å². The quantitative estimate of drug-likeness (QED) is 0.723. The summed E-state index contributed by atoms with van der Waals surface area (Å²) in [5.41, 5.74) is 1.83. The van der Waals surface area contributed by atoms with Gasteiger partial charge in [0.15, 0.2) is 6.04 Å². The third-order valence-corrected chi connectivity index (χ3v) is 5.01. The van der Waals surface area contributed by atoms with E-state index >= 15 is 0 Å². The molecule has 1 saturated heterocycles. The molecule has 1 aromatic rings. The van der Waals surface area contributed by atoms with Gasteiger partial charge in [-0.1, -0.05) is 17.7 Å². The van der Waals surface area contributed by atoms with Crippen molar-refractivity contribution in [3.05, 3.63) is 29.8 Å². The van der Waals surface area contributed by atoms with Crippen molar-refractivity contribution in [2.24, 2.45) is 0 Å². The highest BCUT2D eigenvalue weighted by Crippen LogP contribution is 2.08. The summed E-state index contributed by atoms with van der Waals surface area (Å²) in [6.07, 6.45) is -0.301. The molecule has 0 radical (unpaired) electrons. The zero-order valence-corrected chi connectivity index (χ0v) is 17.2. The third kappa shape index (κ3) is 5.95. The van der Waals surface area contributed by atoms with Crippen molar-refractivity contribution in [1.82, 2.24) is 9.80 Å². The van der Waals surface area contributed by atoms with E-state index in [1.54, 1.807) is 18.9 Å². The summed E-state index contributed by atoms with van der Waals surface area (Å²) in [6, 6.07) is 7.24. The summed E-state index contributed by atoms with van der Waals surface area (Å²) in [5.74, 6) is -0.312. The predicted molar refractivity (Wildman–Crippen MR) is 106 cm³/mol. The molecule has 1 atom stereocenters. The number of carbonyl (C=O) groups excluding carboxylic acids is 3. The van der Waals surface area contributed by atoms with Gasteiger partial charge in [-0.05, 0) is 32.9 Å². The van der Waals surface area contributed by atoms with Crippen LogP contribution in [0.5, 0.6) is 0 Å².